The molecule has 2 aromatic rings. The summed E-state index contributed by atoms with van der Waals surface area (Å²) in [6.07, 6.45) is 0. The van der Waals surface area contributed by atoms with E-state index in [1.165, 1.54) is 6.07 Å². The zero-order valence-corrected chi connectivity index (χ0v) is 11.2. The average Bonchev–Trinajstić information content (AvgIpc) is 2.48. The molecule has 0 aliphatic heterocycles. The second kappa shape index (κ2) is 6.30. The molecule has 0 aliphatic rings. The van der Waals surface area contributed by atoms with E-state index in [1.807, 2.05) is 12.1 Å². The number of aliphatic hydroxyl groups is 1. The Balaban J connectivity index is 1.98. The lowest BCUT2D eigenvalue weighted by Crippen LogP contribution is -2.22. The Morgan fingerprint density at radius 3 is 2.40 bits per heavy atom. The van der Waals surface area contributed by atoms with Crippen LogP contribution in [0.1, 0.15) is 27.0 Å². The first-order valence-electron chi connectivity index (χ1n) is 6.33. The molecule has 2 N–H and O–H groups in total. The van der Waals surface area contributed by atoms with E-state index in [0.29, 0.717) is 17.7 Å². The molecule has 0 saturated heterocycles. The zero-order chi connectivity index (χ0) is 14.5. The van der Waals surface area contributed by atoms with Crippen molar-refractivity contribution in [1.82, 2.24) is 5.32 Å². The molecular weight excluding hydrogens is 257 g/mol. The third-order valence-corrected chi connectivity index (χ3v) is 3.09. The minimum Gasteiger partial charge on any atom is -0.392 e. The molecular formula is C16H16FNO2. The summed E-state index contributed by atoms with van der Waals surface area (Å²) in [6.45, 7) is 2.01. The van der Waals surface area contributed by atoms with Gasteiger partial charge >= 0.3 is 0 Å². The SMILES string of the molecule is Cc1ccc(C(=O)NCc2ccc(CO)cc2)cc1F. The smallest absolute Gasteiger partial charge is 0.251 e. The van der Waals surface area contributed by atoms with Gasteiger partial charge in [-0.25, -0.2) is 4.39 Å². The number of carbonyl (C=O) groups excluding carboxylic acids is 1. The van der Waals surface area contributed by atoms with Crippen molar-refractivity contribution in [3.05, 3.63) is 70.5 Å². The number of nitrogens with one attached hydrogen (secondary N) is 1. The second-order valence-corrected chi connectivity index (χ2v) is 4.62. The van der Waals surface area contributed by atoms with Crippen LogP contribution in [0, 0.1) is 12.7 Å². The summed E-state index contributed by atoms with van der Waals surface area (Å²) in [7, 11) is 0. The van der Waals surface area contributed by atoms with Gasteiger partial charge in [-0.3, -0.25) is 4.79 Å². The summed E-state index contributed by atoms with van der Waals surface area (Å²) in [5.74, 6) is -0.694. The van der Waals surface area contributed by atoms with Gasteiger partial charge in [0.15, 0.2) is 0 Å². The highest BCUT2D eigenvalue weighted by molar-refractivity contribution is 5.94. The molecule has 2 rings (SSSR count). The number of amides is 1. The van der Waals surface area contributed by atoms with Gasteiger partial charge in [-0.05, 0) is 35.7 Å². The number of benzene rings is 2. The number of hydrogen-bond donors (Lipinski definition) is 2. The van der Waals surface area contributed by atoms with Crippen LogP contribution in [0.4, 0.5) is 4.39 Å². The molecule has 0 atom stereocenters. The van der Waals surface area contributed by atoms with Crippen molar-refractivity contribution >= 4 is 5.91 Å². The molecule has 2 aromatic carbocycles. The molecule has 0 spiro atoms. The summed E-state index contributed by atoms with van der Waals surface area (Å²) in [5, 5.41) is 11.7. The largest absolute Gasteiger partial charge is 0.392 e. The van der Waals surface area contributed by atoms with Crippen molar-refractivity contribution in [3.63, 3.8) is 0 Å². The maximum atomic E-state index is 13.4. The van der Waals surface area contributed by atoms with E-state index in [1.54, 1.807) is 31.2 Å². The van der Waals surface area contributed by atoms with E-state index in [9.17, 15) is 9.18 Å². The van der Waals surface area contributed by atoms with Crippen molar-refractivity contribution in [1.29, 1.82) is 0 Å². The van der Waals surface area contributed by atoms with Gasteiger partial charge in [0.25, 0.3) is 5.91 Å². The van der Waals surface area contributed by atoms with Crippen LogP contribution >= 0.6 is 0 Å². The van der Waals surface area contributed by atoms with Crippen molar-refractivity contribution in [2.24, 2.45) is 0 Å². The number of hydrogen-bond acceptors (Lipinski definition) is 2. The summed E-state index contributed by atoms with van der Waals surface area (Å²) in [4.78, 5) is 11.9. The van der Waals surface area contributed by atoms with Crippen molar-refractivity contribution in [2.45, 2.75) is 20.1 Å². The van der Waals surface area contributed by atoms with E-state index in [-0.39, 0.29) is 18.3 Å². The van der Waals surface area contributed by atoms with Gasteiger partial charge in [-0.1, -0.05) is 30.3 Å². The predicted octanol–water partition coefficient (Wildman–Crippen LogP) is 2.56. The Bertz CT molecular complexity index is 608. The lowest BCUT2D eigenvalue weighted by molar-refractivity contribution is 0.0950. The first-order chi connectivity index (χ1) is 9.60. The lowest BCUT2D eigenvalue weighted by Gasteiger charge is -2.07. The number of carbonyl (C=O) groups is 1. The van der Waals surface area contributed by atoms with Gasteiger partial charge < -0.3 is 10.4 Å². The van der Waals surface area contributed by atoms with Gasteiger partial charge in [0.05, 0.1) is 6.61 Å². The van der Waals surface area contributed by atoms with Crippen LogP contribution in [0.15, 0.2) is 42.5 Å². The molecule has 0 bridgehead atoms. The topological polar surface area (TPSA) is 49.3 Å². The van der Waals surface area contributed by atoms with Crippen molar-refractivity contribution in [2.75, 3.05) is 0 Å². The van der Waals surface area contributed by atoms with Crippen LogP contribution in [0.25, 0.3) is 0 Å². The van der Waals surface area contributed by atoms with Crippen LogP contribution in [-0.4, -0.2) is 11.0 Å². The van der Waals surface area contributed by atoms with Crippen LogP contribution in [-0.2, 0) is 13.2 Å². The molecule has 0 aliphatic carbocycles. The molecule has 20 heavy (non-hydrogen) atoms. The first kappa shape index (κ1) is 14.2. The predicted molar refractivity (Wildman–Crippen MR) is 74.7 cm³/mol. The fourth-order valence-electron chi connectivity index (χ4n) is 1.78. The van der Waals surface area contributed by atoms with Crippen LogP contribution < -0.4 is 5.32 Å². The Labute approximate surface area is 117 Å². The average molecular weight is 273 g/mol. The van der Waals surface area contributed by atoms with Gasteiger partial charge in [-0.15, -0.1) is 0 Å². The Hall–Kier alpha value is -2.20. The maximum absolute atomic E-state index is 13.4. The Kier molecular flexibility index (Phi) is 4.48. The summed E-state index contributed by atoms with van der Waals surface area (Å²) in [6, 6.07) is 11.7. The molecule has 0 fully saturated rings. The molecule has 0 saturated carbocycles. The van der Waals surface area contributed by atoms with E-state index in [2.05, 4.69) is 5.32 Å². The fourth-order valence-corrected chi connectivity index (χ4v) is 1.78. The summed E-state index contributed by atoms with van der Waals surface area (Å²) < 4.78 is 13.4. The maximum Gasteiger partial charge on any atom is 0.251 e. The van der Waals surface area contributed by atoms with E-state index in [0.717, 1.165) is 11.1 Å². The molecule has 0 aromatic heterocycles. The van der Waals surface area contributed by atoms with E-state index >= 15 is 0 Å². The molecule has 104 valence electrons. The highest BCUT2D eigenvalue weighted by Crippen LogP contribution is 2.10. The quantitative estimate of drug-likeness (QED) is 0.899. The molecule has 1 amide bonds. The van der Waals surface area contributed by atoms with Crippen molar-refractivity contribution < 1.29 is 14.3 Å². The third kappa shape index (κ3) is 3.42. The number of halogens is 1. The minimum atomic E-state index is -0.384. The third-order valence-electron chi connectivity index (χ3n) is 3.09. The fraction of sp³-hybridized carbons (Fsp3) is 0.188. The molecule has 0 radical (unpaired) electrons. The Morgan fingerprint density at radius 1 is 1.15 bits per heavy atom. The zero-order valence-electron chi connectivity index (χ0n) is 11.2. The van der Waals surface area contributed by atoms with Crippen molar-refractivity contribution in [3.8, 4) is 0 Å². The van der Waals surface area contributed by atoms with Crippen LogP contribution in [0.3, 0.4) is 0 Å². The molecule has 0 unspecified atom stereocenters. The van der Waals surface area contributed by atoms with Gasteiger partial charge in [0.2, 0.25) is 0 Å². The second-order valence-electron chi connectivity index (χ2n) is 4.62. The number of aryl methyl sites for hydroxylation is 1. The monoisotopic (exact) mass is 273 g/mol. The van der Waals surface area contributed by atoms with E-state index < -0.39 is 0 Å². The van der Waals surface area contributed by atoms with Gasteiger partial charge in [-0.2, -0.15) is 0 Å². The first-order valence-corrected chi connectivity index (χ1v) is 6.33. The Morgan fingerprint density at radius 2 is 1.80 bits per heavy atom. The van der Waals surface area contributed by atoms with Crippen LogP contribution in [0.2, 0.25) is 0 Å². The molecule has 3 nitrogen and oxygen atoms in total. The highest BCUT2D eigenvalue weighted by atomic mass is 19.1. The van der Waals surface area contributed by atoms with Gasteiger partial charge in [0, 0.05) is 12.1 Å². The number of rotatable bonds is 4. The minimum absolute atomic E-state index is 0.00468. The summed E-state index contributed by atoms with van der Waals surface area (Å²) in [5.41, 5.74) is 2.56. The standard InChI is InChI=1S/C16H16FNO2/c1-11-2-7-14(8-15(11)17)16(20)18-9-12-3-5-13(10-19)6-4-12/h2-8,19H,9-10H2,1H3,(H,18,20). The lowest BCUT2D eigenvalue weighted by atomic mass is 10.1. The molecule has 4 heteroatoms. The summed E-state index contributed by atoms with van der Waals surface area (Å²) >= 11 is 0. The highest BCUT2D eigenvalue weighted by Gasteiger charge is 2.07. The van der Waals surface area contributed by atoms with Gasteiger partial charge in [0.1, 0.15) is 5.82 Å². The normalized spacial score (nSPS) is 10.3. The number of aliphatic hydroxyl groups excluding tert-OH is 1. The molecule has 0 heterocycles. The van der Waals surface area contributed by atoms with E-state index in [4.69, 9.17) is 5.11 Å². The van der Waals surface area contributed by atoms with Crippen LogP contribution in [0.5, 0.6) is 0 Å².